The van der Waals surface area contributed by atoms with Gasteiger partial charge in [-0.05, 0) is 55.8 Å². The fraction of sp³-hybridized carbons (Fsp3) is 0.208. The number of ether oxygens (including phenoxy) is 2. The van der Waals surface area contributed by atoms with E-state index in [1.54, 1.807) is 45.2 Å². The lowest BCUT2D eigenvalue weighted by atomic mass is 10.1. The van der Waals surface area contributed by atoms with Crippen molar-refractivity contribution in [2.75, 3.05) is 24.3 Å². The predicted molar refractivity (Wildman–Crippen MR) is 136 cm³/mol. The highest BCUT2D eigenvalue weighted by Crippen LogP contribution is 2.28. The maximum atomic E-state index is 12.6. The molecular weight excluding hydrogens is 520 g/mol. The van der Waals surface area contributed by atoms with Crippen LogP contribution in [0.5, 0.6) is 11.5 Å². The number of aryl methyl sites for hydroxylation is 2. The average molecular weight is 547 g/mol. The van der Waals surface area contributed by atoms with Gasteiger partial charge in [0.15, 0.2) is 11.5 Å². The molecule has 38 heavy (non-hydrogen) atoms. The van der Waals surface area contributed by atoms with Gasteiger partial charge < -0.3 is 25.0 Å². The quantitative estimate of drug-likeness (QED) is 0.303. The SMILES string of the molecule is COc1ccc(CC(=O)Nc2ccc(S(=O)(=O)Nc3cc(C)nc(C)n3)cc2)cc1OC.O=C(O)C(=O)O. The first-order valence-electron chi connectivity index (χ1n) is 10.8. The Labute approximate surface area is 218 Å². The molecule has 0 fully saturated rings. The van der Waals surface area contributed by atoms with Crippen LogP contribution in [0.4, 0.5) is 11.5 Å². The first-order chi connectivity index (χ1) is 17.8. The van der Waals surface area contributed by atoms with Crippen molar-refractivity contribution in [1.82, 2.24) is 9.97 Å². The van der Waals surface area contributed by atoms with Crippen molar-refractivity contribution < 1.29 is 42.5 Å². The maximum Gasteiger partial charge on any atom is 0.414 e. The number of aromatic nitrogens is 2. The number of methoxy groups -OCH3 is 2. The lowest BCUT2D eigenvalue weighted by molar-refractivity contribution is -0.159. The van der Waals surface area contributed by atoms with Crippen LogP contribution in [0.1, 0.15) is 17.1 Å². The fourth-order valence-corrected chi connectivity index (χ4v) is 4.06. The van der Waals surface area contributed by atoms with Gasteiger partial charge in [0, 0.05) is 17.4 Å². The average Bonchev–Trinajstić information content (AvgIpc) is 2.83. The smallest absolute Gasteiger partial charge is 0.414 e. The molecule has 0 aliphatic rings. The van der Waals surface area contributed by atoms with Crippen LogP contribution in [0.2, 0.25) is 0 Å². The van der Waals surface area contributed by atoms with Gasteiger partial charge in [0.25, 0.3) is 10.0 Å². The first kappa shape index (κ1) is 29.5. The Morgan fingerprint density at radius 3 is 2.00 bits per heavy atom. The van der Waals surface area contributed by atoms with Crippen LogP contribution >= 0.6 is 0 Å². The number of carboxylic acid groups (broad SMARTS) is 2. The van der Waals surface area contributed by atoms with Crippen LogP contribution in [0, 0.1) is 13.8 Å². The normalized spacial score (nSPS) is 10.4. The molecule has 4 N–H and O–H groups in total. The van der Waals surface area contributed by atoms with Crippen LogP contribution in [0.15, 0.2) is 53.4 Å². The van der Waals surface area contributed by atoms with Gasteiger partial charge >= 0.3 is 11.9 Å². The summed E-state index contributed by atoms with van der Waals surface area (Å²) in [5.74, 6) is -2.12. The van der Waals surface area contributed by atoms with Gasteiger partial charge in [0.2, 0.25) is 5.91 Å². The number of carbonyl (C=O) groups is 3. The molecule has 14 heteroatoms. The first-order valence-corrected chi connectivity index (χ1v) is 12.2. The zero-order valence-electron chi connectivity index (χ0n) is 20.9. The van der Waals surface area contributed by atoms with E-state index < -0.39 is 22.0 Å². The molecule has 1 aromatic heterocycles. The molecule has 0 radical (unpaired) electrons. The molecule has 0 unspecified atom stereocenters. The van der Waals surface area contributed by atoms with Gasteiger partial charge in [-0.2, -0.15) is 0 Å². The highest BCUT2D eigenvalue weighted by molar-refractivity contribution is 7.92. The van der Waals surface area contributed by atoms with Gasteiger partial charge in [-0.1, -0.05) is 6.07 Å². The van der Waals surface area contributed by atoms with Crippen molar-refractivity contribution >= 4 is 39.4 Å². The minimum atomic E-state index is -3.83. The Morgan fingerprint density at radius 1 is 0.868 bits per heavy atom. The number of nitrogens with one attached hydrogen (secondary N) is 2. The third-order valence-corrected chi connectivity index (χ3v) is 6.02. The van der Waals surface area contributed by atoms with E-state index in [1.165, 1.54) is 31.4 Å². The number of sulfonamides is 1. The number of carboxylic acids is 2. The lowest BCUT2D eigenvalue weighted by Gasteiger charge is -2.11. The number of rotatable bonds is 8. The highest BCUT2D eigenvalue weighted by atomic mass is 32.2. The van der Waals surface area contributed by atoms with E-state index in [9.17, 15) is 13.2 Å². The number of nitrogens with zero attached hydrogens (tertiary/aromatic N) is 2. The van der Waals surface area contributed by atoms with Gasteiger partial charge in [0.1, 0.15) is 11.6 Å². The molecule has 1 amide bonds. The molecule has 0 saturated heterocycles. The Bertz CT molecular complexity index is 1390. The van der Waals surface area contributed by atoms with Crippen LogP contribution in [0.25, 0.3) is 0 Å². The molecule has 3 rings (SSSR count). The number of benzene rings is 2. The molecule has 0 bridgehead atoms. The Balaban J connectivity index is 0.000000757. The molecule has 3 aromatic rings. The Morgan fingerprint density at radius 2 is 1.47 bits per heavy atom. The lowest BCUT2D eigenvalue weighted by Crippen LogP contribution is -2.16. The zero-order chi connectivity index (χ0) is 28.5. The minimum Gasteiger partial charge on any atom is -0.493 e. The van der Waals surface area contributed by atoms with Gasteiger partial charge in [-0.15, -0.1) is 0 Å². The molecule has 0 aliphatic carbocycles. The van der Waals surface area contributed by atoms with Crippen LogP contribution in [-0.2, 0) is 30.8 Å². The van der Waals surface area contributed by atoms with Gasteiger partial charge in [-0.25, -0.2) is 28.0 Å². The third kappa shape index (κ3) is 8.74. The van der Waals surface area contributed by atoms with E-state index in [0.717, 1.165) is 5.56 Å². The summed E-state index contributed by atoms with van der Waals surface area (Å²) >= 11 is 0. The summed E-state index contributed by atoms with van der Waals surface area (Å²) in [5.41, 5.74) is 1.88. The zero-order valence-corrected chi connectivity index (χ0v) is 21.7. The number of hydrogen-bond donors (Lipinski definition) is 4. The number of hydrogen-bond acceptors (Lipinski definition) is 9. The summed E-state index contributed by atoms with van der Waals surface area (Å²) in [6, 6.07) is 12.7. The molecular formula is C24H26N4O9S. The van der Waals surface area contributed by atoms with Crippen molar-refractivity contribution in [3.8, 4) is 11.5 Å². The summed E-state index contributed by atoms with van der Waals surface area (Å²) in [6.45, 7) is 3.44. The second-order valence-corrected chi connectivity index (χ2v) is 9.28. The largest absolute Gasteiger partial charge is 0.493 e. The molecule has 2 aromatic carbocycles. The van der Waals surface area contributed by atoms with Crippen LogP contribution in [-0.4, -0.2) is 60.7 Å². The van der Waals surface area contributed by atoms with Crippen molar-refractivity contribution in [1.29, 1.82) is 0 Å². The molecule has 0 spiro atoms. The van der Waals surface area contributed by atoms with Gasteiger partial charge in [-0.3, -0.25) is 9.52 Å². The van der Waals surface area contributed by atoms with Crippen molar-refractivity contribution in [3.05, 3.63) is 65.6 Å². The van der Waals surface area contributed by atoms with Crippen molar-refractivity contribution in [3.63, 3.8) is 0 Å². The number of carbonyl (C=O) groups excluding carboxylic acids is 1. The summed E-state index contributed by atoms with van der Waals surface area (Å²) in [4.78, 5) is 38.9. The van der Waals surface area contributed by atoms with E-state index in [1.807, 2.05) is 0 Å². The molecule has 13 nitrogen and oxygen atoms in total. The van der Waals surface area contributed by atoms with Crippen molar-refractivity contribution in [2.24, 2.45) is 0 Å². The molecule has 1 heterocycles. The van der Waals surface area contributed by atoms with E-state index in [-0.39, 0.29) is 23.0 Å². The molecule has 202 valence electrons. The third-order valence-electron chi connectivity index (χ3n) is 4.65. The number of anilines is 2. The molecule has 0 saturated carbocycles. The van der Waals surface area contributed by atoms with Gasteiger partial charge in [0.05, 0.1) is 25.5 Å². The summed E-state index contributed by atoms with van der Waals surface area (Å²) in [7, 11) is -0.766. The summed E-state index contributed by atoms with van der Waals surface area (Å²) in [6.07, 6.45) is 0.119. The predicted octanol–water partition coefficient (Wildman–Crippen LogP) is 2.25. The highest BCUT2D eigenvalue weighted by Gasteiger charge is 2.16. The molecule has 0 aliphatic heterocycles. The Hall–Kier alpha value is -4.72. The second kappa shape index (κ2) is 13.0. The van der Waals surface area contributed by atoms with Crippen molar-refractivity contribution in [2.45, 2.75) is 25.2 Å². The standard InChI is InChI=1S/C22H24N4O5S.C2H2O4/c1-14-11-21(24-15(2)23-14)26-32(28,29)18-8-6-17(7-9-18)25-22(27)13-16-5-10-19(30-3)20(12-16)31-4;3-1(4)2(5)6/h5-12H,13H2,1-4H3,(H,25,27)(H,23,24,26);(H,3,4)(H,5,6). The van der Waals surface area contributed by atoms with E-state index in [0.29, 0.717) is 28.7 Å². The molecule has 0 atom stereocenters. The minimum absolute atomic E-state index is 0.0457. The van der Waals surface area contributed by atoms with E-state index in [4.69, 9.17) is 29.3 Å². The maximum absolute atomic E-state index is 12.6. The van der Waals surface area contributed by atoms with Crippen LogP contribution in [0.3, 0.4) is 0 Å². The summed E-state index contributed by atoms with van der Waals surface area (Å²) < 4.78 is 38.1. The number of aliphatic carboxylic acids is 2. The monoisotopic (exact) mass is 546 g/mol. The van der Waals surface area contributed by atoms with E-state index >= 15 is 0 Å². The second-order valence-electron chi connectivity index (χ2n) is 7.60. The number of amides is 1. The topological polar surface area (TPSA) is 194 Å². The summed E-state index contributed by atoms with van der Waals surface area (Å²) in [5, 5.41) is 17.5. The Kier molecular flexibility index (Phi) is 10.1. The van der Waals surface area contributed by atoms with E-state index in [2.05, 4.69) is 20.0 Å². The fourth-order valence-electron chi connectivity index (χ4n) is 3.06. The van der Waals surface area contributed by atoms with Crippen LogP contribution < -0.4 is 19.5 Å².